The summed E-state index contributed by atoms with van der Waals surface area (Å²) in [7, 11) is 0. The van der Waals surface area contributed by atoms with Crippen molar-refractivity contribution in [3.8, 4) is 11.3 Å². The minimum absolute atomic E-state index is 0. The summed E-state index contributed by atoms with van der Waals surface area (Å²) < 4.78 is 0. The summed E-state index contributed by atoms with van der Waals surface area (Å²) in [5.41, 5.74) is 6.10. The third kappa shape index (κ3) is 6.79. The number of carbonyl (C=O) groups is 1. The summed E-state index contributed by atoms with van der Waals surface area (Å²) in [6.45, 7) is 19.5. The van der Waals surface area contributed by atoms with E-state index in [0.717, 1.165) is 36.9 Å². The summed E-state index contributed by atoms with van der Waals surface area (Å²) in [6.07, 6.45) is 10.7. The number of ketones is 1. The summed E-state index contributed by atoms with van der Waals surface area (Å²) in [6, 6.07) is 14.5. The number of hydrogen-bond donors (Lipinski definition) is 1. The molecule has 1 radical (unpaired) electrons. The Kier molecular flexibility index (Phi) is 11.1. The van der Waals surface area contributed by atoms with Gasteiger partial charge in [0.15, 0.2) is 5.78 Å². The second-order valence-corrected chi connectivity index (χ2v) is 13.2. The molecule has 231 valence electrons. The van der Waals surface area contributed by atoms with Crippen LogP contribution in [0.4, 0.5) is 0 Å². The number of aliphatic hydroxyl groups is 1. The van der Waals surface area contributed by atoms with Gasteiger partial charge in [-0.15, -0.1) is 23.3 Å². The van der Waals surface area contributed by atoms with E-state index in [1.807, 2.05) is 46.3 Å². The van der Waals surface area contributed by atoms with Crippen LogP contribution in [-0.2, 0) is 35.7 Å². The van der Waals surface area contributed by atoms with Crippen molar-refractivity contribution in [2.75, 3.05) is 0 Å². The van der Waals surface area contributed by atoms with Crippen molar-refractivity contribution in [2.45, 2.75) is 98.8 Å². The molecular weight excluding hydrogens is 709 g/mol. The van der Waals surface area contributed by atoms with Gasteiger partial charge in [0.1, 0.15) is 0 Å². The molecule has 1 N–H and O–H groups in total. The van der Waals surface area contributed by atoms with E-state index in [1.54, 1.807) is 0 Å². The molecule has 0 spiro atoms. The van der Waals surface area contributed by atoms with E-state index < -0.39 is 0 Å². The Labute approximate surface area is 271 Å². The van der Waals surface area contributed by atoms with Gasteiger partial charge in [-0.3, -0.25) is 9.78 Å². The van der Waals surface area contributed by atoms with Crippen molar-refractivity contribution in [3.05, 3.63) is 83.5 Å². The predicted octanol–water partition coefficient (Wildman–Crippen LogP) is 10.1. The van der Waals surface area contributed by atoms with Gasteiger partial charge in [0.05, 0.1) is 5.76 Å². The van der Waals surface area contributed by atoms with E-state index in [9.17, 15) is 9.90 Å². The summed E-state index contributed by atoms with van der Waals surface area (Å²) in [5, 5.41) is 14.7. The van der Waals surface area contributed by atoms with Crippen LogP contribution in [0.5, 0.6) is 0 Å². The van der Waals surface area contributed by atoms with Gasteiger partial charge >= 0.3 is 0 Å². The van der Waals surface area contributed by atoms with Crippen molar-refractivity contribution in [1.82, 2.24) is 9.97 Å². The molecular formula is C38H47IrN2O2-. The van der Waals surface area contributed by atoms with Crippen molar-refractivity contribution >= 4 is 27.3 Å². The summed E-state index contributed by atoms with van der Waals surface area (Å²) in [4.78, 5) is 20.9. The fourth-order valence-corrected chi connectivity index (χ4v) is 6.28. The SMILES string of the molecule is CC(C)(C)c1cc2c3c(nccc3c1)-c1[c-]cc3ccncc3c1C2(C)C.CCC(CC)C(=O)/C=C(\O)C(CC)CC.[Ir]. The number of carbonyl (C=O) groups excluding carboxylic acids is 1. The molecule has 5 heteroatoms. The largest absolute Gasteiger partial charge is 0.512 e. The first kappa shape index (κ1) is 34.6. The third-order valence-electron chi connectivity index (χ3n) is 9.09. The minimum atomic E-state index is -0.149. The number of hydrogen-bond acceptors (Lipinski definition) is 4. The van der Waals surface area contributed by atoms with E-state index in [1.165, 1.54) is 44.3 Å². The molecule has 1 aliphatic carbocycles. The molecule has 0 bridgehead atoms. The normalized spacial score (nSPS) is 13.9. The van der Waals surface area contributed by atoms with E-state index in [2.05, 4.69) is 76.0 Å². The average Bonchev–Trinajstić information content (AvgIpc) is 2.96. The predicted molar refractivity (Wildman–Crippen MR) is 176 cm³/mol. The first-order valence-corrected chi connectivity index (χ1v) is 15.6. The smallest absolute Gasteiger partial charge is 0.162 e. The Morgan fingerprint density at radius 2 is 1.60 bits per heavy atom. The maximum Gasteiger partial charge on any atom is 0.162 e. The molecule has 1 aliphatic rings. The number of fused-ring (bicyclic) bond motifs is 4. The molecule has 0 atom stereocenters. The summed E-state index contributed by atoms with van der Waals surface area (Å²) in [5.74, 6) is 0.547. The number of allylic oxidation sites excluding steroid dienone is 2. The first-order chi connectivity index (χ1) is 19.9. The molecule has 2 aromatic carbocycles. The first-order valence-electron chi connectivity index (χ1n) is 15.6. The molecule has 0 amide bonds. The molecule has 5 rings (SSSR count). The van der Waals surface area contributed by atoms with Crippen LogP contribution in [0.1, 0.15) is 105 Å². The van der Waals surface area contributed by atoms with E-state index in [4.69, 9.17) is 4.98 Å². The van der Waals surface area contributed by atoms with Crippen LogP contribution in [0.3, 0.4) is 0 Å². The zero-order chi connectivity index (χ0) is 30.8. The van der Waals surface area contributed by atoms with Gasteiger partial charge in [0.25, 0.3) is 0 Å². The van der Waals surface area contributed by atoms with E-state index in [-0.39, 0.29) is 54.3 Å². The fourth-order valence-electron chi connectivity index (χ4n) is 6.28. The van der Waals surface area contributed by atoms with Gasteiger partial charge in [-0.2, -0.15) is 0 Å². The zero-order valence-corrected chi connectivity index (χ0v) is 29.7. The number of rotatable bonds is 7. The maximum absolute atomic E-state index is 11.7. The van der Waals surface area contributed by atoms with Crippen LogP contribution < -0.4 is 0 Å². The van der Waals surface area contributed by atoms with Crippen molar-refractivity contribution in [1.29, 1.82) is 0 Å². The van der Waals surface area contributed by atoms with Crippen LogP contribution in [-0.4, -0.2) is 20.9 Å². The van der Waals surface area contributed by atoms with Gasteiger partial charge in [-0.1, -0.05) is 91.3 Å². The monoisotopic (exact) mass is 756 g/mol. The molecule has 43 heavy (non-hydrogen) atoms. The zero-order valence-electron chi connectivity index (χ0n) is 27.3. The van der Waals surface area contributed by atoms with Crippen molar-refractivity contribution < 1.29 is 30.0 Å². The van der Waals surface area contributed by atoms with Crippen LogP contribution >= 0.6 is 0 Å². The topological polar surface area (TPSA) is 63.1 Å². The Bertz CT molecular complexity index is 1620. The average molecular weight is 756 g/mol. The summed E-state index contributed by atoms with van der Waals surface area (Å²) >= 11 is 0. The second kappa shape index (κ2) is 13.8. The number of aromatic nitrogens is 2. The standard InChI is InChI=1S/C25H23N2.C13H24O2.Ir/c1-24(2,3)17-12-16-9-11-27-23-18-7-6-15-8-10-26-14-19(15)22(18)25(4,5)20(13-17)21(16)23;1-5-10(6-2)12(14)9-13(15)11(7-3)8-4;/h6,8-14H,1-5H3;9-11,14H,5-8H2,1-4H3;/q-1;;/b;12-9-;. The van der Waals surface area contributed by atoms with Gasteiger partial charge in [0.2, 0.25) is 0 Å². The number of aliphatic hydroxyl groups excluding tert-OH is 1. The number of pyridine rings is 2. The Balaban J connectivity index is 0.000000274. The van der Waals surface area contributed by atoms with E-state index >= 15 is 0 Å². The van der Waals surface area contributed by atoms with Crippen LogP contribution in [0.2, 0.25) is 0 Å². The van der Waals surface area contributed by atoms with E-state index in [0.29, 0.717) is 0 Å². The molecule has 2 aromatic heterocycles. The van der Waals surface area contributed by atoms with Gasteiger partial charge in [0, 0.05) is 56.6 Å². The molecule has 0 saturated heterocycles. The third-order valence-corrected chi connectivity index (χ3v) is 9.09. The van der Waals surface area contributed by atoms with Crippen molar-refractivity contribution in [2.24, 2.45) is 11.8 Å². The van der Waals surface area contributed by atoms with Crippen LogP contribution in [0.15, 0.2) is 60.8 Å². The van der Waals surface area contributed by atoms with Gasteiger partial charge in [-0.05, 0) is 70.2 Å². The Morgan fingerprint density at radius 1 is 0.977 bits per heavy atom. The van der Waals surface area contributed by atoms with Gasteiger partial charge in [-0.25, -0.2) is 0 Å². The molecule has 0 unspecified atom stereocenters. The van der Waals surface area contributed by atoms with Crippen LogP contribution in [0.25, 0.3) is 32.8 Å². The minimum Gasteiger partial charge on any atom is -0.512 e. The quantitative estimate of drug-likeness (QED) is 0.116. The molecule has 0 saturated carbocycles. The molecule has 2 heterocycles. The van der Waals surface area contributed by atoms with Gasteiger partial charge < -0.3 is 10.1 Å². The Morgan fingerprint density at radius 3 is 2.21 bits per heavy atom. The van der Waals surface area contributed by atoms with Crippen LogP contribution in [0, 0.1) is 17.9 Å². The number of benzene rings is 2. The molecule has 4 nitrogen and oxygen atoms in total. The second-order valence-electron chi connectivity index (χ2n) is 13.2. The Hall–Kier alpha value is -2.88. The molecule has 0 aliphatic heterocycles. The fraction of sp³-hybridized carbons (Fsp3) is 0.447. The molecule has 4 aromatic rings. The molecule has 0 fully saturated rings. The van der Waals surface area contributed by atoms with Crippen molar-refractivity contribution in [3.63, 3.8) is 0 Å². The maximum atomic E-state index is 11.7. The number of nitrogens with zero attached hydrogens (tertiary/aromatic N) is 2.